The van der Waals surface area contributed by atoms with Crippen LogP contribution in [0.2, 0.25) is 0 Å². The number of rotatable bonds is 3. The summed E-state index contributed by atoms with van der Waals surface area (Å²) >= 11 is 0. The molecule has 3 unspecified atom stereocenters. The highest BCUT2D eigenvalue weighted by atomic mass is 16.2. The third-order valence-corrected chi connectivity index (χ3v) is 3.54. The van der Waals surface area contributed by atoms with Crippen LogP contribution in [0.3, 0.4) is 0 Å². The zero-order valence-electron chi connectivity index (χ0n) is 12.5. The highest BCUT2D eigenvalue weighted by Gasteiger charge is 2.29. The van der Waals surface area contributed by atoms with Gasteiger partial charge in [-0.05, 0) is 46.0 Å². The van der Waals surface area contributed by atoms with Crippen molar-refractivity contribution in [3.8, 4) is 0 Å². The lowest BCUT2D eigenvalue weighted by molar-refractivity contribution is -0.130. The number of nitrogens with two attached hydrogens (primary N) is 1. The second-order valence-corrected chi connectivity index (χ2v) is 6.67. The van der Waals surface area contributed by atoms with Crippen molar-refractivity contribution in [2.24, 2.45) is 17.6 Å². The molecule has 0 aromatic heterocycles. The van der Waals surface area contributed by atoms with Crippen LogP contribution in [-0.2, 0) is 9.59 Å². The molecule has 19 heavy (non-hydrogen) atoms. The molecule has 1 rings (SSSR count). The normalized spacial score (nSPS) is 27.7. The van der Waals surface area contributed by atoms with E-state index in [9.17, 15) is 9.59 Å². The first-order valence-electron chi connectivity index (χ1n) is 7.03. The minimum Gasteiger partial charge on any atom is -0.350 e. The van der Waals surface area contributed by atoms with Crippen LogP contribution in [0.1, 0.15) is 47.0 Å². The van der Waals surface area contributed by atoms with E-state index < -0.39 is 0 Å². The Morgan fingerprint density at radius 1 is 1.26 bits per heavy atom. The molecule has 5 nitrogen and oxygen atoms in total. The van der Waals surface area contributed by atoms with Crippen molar-refractivity contribution in [1.29, 1.82) is 0 Å². The summed E-state index contributed by atoms with van der Waals surface area (Å²) in [7, 11) is 0. The molecular formula is C14H27N3O2. The Morgan fingerprint density at radius 3 is 2.42 bits per heavy atom. The maximum Gasteiger partial charge on any atom is 0.239 e. The third kappa shape index (κ3) is 5.59. The molecule has 0 aromatic rings. The standard InChI is InChI=1S/C14H27N3O2/c1-9-7-10(5-6-11(9)15)13(19)16-8-12(18)17-14(2,3)4/h9-11H,5-8,15H2,1-4H3,(H,16,19)(H,17,18). The average molecular weight is 269 g/mol. The van der Waals surface area contributed by atoms with Crippen molar-refractivity contribution in [3.63, 3.8) is 0 Å². The van der Waals surface area contributed by atoms with E-state index in [1.54, 1.807) is 0 Å². The van der Waals surface area contributed by atoms with Crippen molar-refractivity contribution in [3.05, 3.63) is 0 Å². The largest absolute Gasteiger partial charge is 0.350 e. The number of carbonyl (C=O) groups is 2. The molecule has 5 heteroatoms. The number of nitrogens with one attached hydrogen (secondary N) is 2. The van der Waals surface area contributed by atoms with Gasteiger partial charge in [-0.1, -0.05) is 6.92 Å². The van der Waals surface area contributed by atoms with Gasteiger partial charge in [0.2, 0.25) is 11.8 Å². The summed E-state index contributed by atoms with van der Waals surface area (Å²) < 4.78 is 0. The maximum atomic E-state index is 12.0. The smallest absolute Gasteiger partial charge is 0.239 e. The first kappa shape index (κ1) is 16.0. The lowest BCUT2D eigenvalue weighted by Gasteiger charge is -2.31. The fraction of sp³-hybridized carbons (Fsp3) is 0.857. The summed E-state index contributed by atoms with van der Waals surface area (Å²) in [5.41, 5.74) is 5.67. The van der Waals surface area contributed by atoms with Crippen LogP contribution in [0.15, 0.2) is 0 Å². The van der Waals surface area contributed by atoms with Crippen LogP contribution in [0, 0.1) is 11.8 Å². The zero-order chi connectivity index (χ0) is 14.6. The van der Waals surface area contributed by atoms with Gasteiger partial charge in [0, 0.05) is 17.5 Å². The number of carbonyl (C=O) groups excluding carboxylic acids is 2. The molecule has 0 aromatic carbocycles. The number of hydrogen-bond donors (Lipinski definition) is 3. The molecule has 0 heterocycles. The monoisotopic (exact) mass is 269 g/mol. The minimum absolute atomic E-state index is 0.00256. The molecule has 1 aliphatic carbocycles. The van der Waals surface area contributed by atoms with E-state index in [1.165, 1.54) is 0 Å². The first-order chi connectivity index (χ1) is 8.69. The molecule has 0 bridgehead atoms. The Morgan fingerprint density at radius 2 is 1.89 bits per heavy atom. The number of amides is 2. The molecule has 0 saturated heterocycles. The van der Waals surface area contributed by atoms with Crippen LogP contribution in [0.4, 0.5) is 0 Å². The molecule has 1 saturated carbocycles. The van der Waals surface area contributed by atoms with Crippen molar-refractivity contribution in [2.45, 2.75) is 58.5 Å². The molecule has 110 valence electrons. The zero-order valence-corrected chi connectivity index (χ0v) is 12.5. The predicted molar refractivity (Wildman–Crippen MR) is 75.4 cm³/mol. The van der Waals surface area contributed by atoms with Crippen molar-refractivity contribution < 1.29 is 9.59 Å². The van der Waals surface area contributed by atoms with E-state index >= 15 is 0 Å². The van der Waals surface area contributed by atoms with Gasteiger partial charge in [0.25, 0.3) is 0 Å². The van der Waals surface area contributed by atoms with Gasteiger partial charge in [0.1, 0.15) is 0 Å². The van der Waals surface area contributed by atoms with E-state index in [4.69, 9.17) is 5.73 Å². The Hall–Kier alpha value is -1.10. The Kier molecular flexibility index (Phi) is 5.35. The van der Waals surface area contributed by atoms with Crippen molar-refractivity contribution in [1.82, 2.24) is 10.6 Å². The molecule has 2 amide bonds. The van der Waals surface area contributed by atoms with E-state index in [0.717, 1.165) is 19.3 Å². The van der Waals surface area contributed by atoms with Crippen LogP contribution in [0.25, 0.3) is 0 Å². The highest BCUT2D eigenvalue weighted by molar-refractivity contribution is 5.86. The van der Waals surface area contributed by atoms with Gasteiger partial charge in [0.05, 0.1) is 6.54 Å². The second-order valence-electron chi connectivity index (χ2n) is 6.67. The van der Waals surface area contributed by atoms with Crippen LogP contribution < -0.4 is 16.4 Å². The molecule has 1 aliphatic rings. The van der Waals surface area contributed by atoms with Crippen molar-refractivity contribution in [2.75, 3.05) is 6.54 Å². The van der Waals surface area contributed by atoms with Gasteiger partial charge in [0.15, 0.2) is 0 Å². The minimum atomic E-state index is -0.270. The van der Waals surface area contributed by atoms with Crippen LogP contribution in [0.5, 0.6) is 0 Å². The SMILES string of the molecule is CC1CC(C(=O)NCC(=O)NC(C)(C)C)CCC1N. The summed E-state index contributed by atoms with van der Waals surface area (Å²) in [6, 6.07) is 0.202. The summed E-state index contributed by atoms with van der Waals surface area (Å²) in [4.78, 5) is 23.6. The van der Waals surface area contributed by atoms with Crippen molar-refractivity contribution >= 4 is 11.8 Å². The van der Waals surface area contributed by atoms with Gasteiger partial charge in [-0.3, -0.25) is 9.59 Å². The molecule has 0 spiro atoms. The Labute approximate surface area is 115 Å². The average Bonchev–Trinajstić information content (AvgIpc) is 2.27. The summed E-state index contributed by atoms with van der Waals surface area (Å²) in [6.07, 6.45) is 2.51. The van der Waals surface area contributed by atoms with Crippen LogP contribution >= 0.6 is 0 Å². The fourth-order valence-electron chi connectivity index (χ4n) is 2.43. The lowest BCUT2D eigenvalue weighted by Crippen LogP contribution is -2.47. The summed E-state index contributed by atoms with van der Waals surface area (Å²) in [6.45, 7) is 7.87. The van der Waals surface area contributed by atoms with E-state index in [2.05, 4.69) is 17.6 Å². The predicted octanol–water partition coefficient (Wildman–Crippen LogP) is 0.781. The third-order valence-electron chi connectivity index (χ3n) is 3.54. The number of hydrogen-bond acceptors (Lipinski definition) is 3. The van der Waals surface area contributed by atoms with E-state index in [0.29, 0.717) is 5.92 Å². The molecular weight excluding hydrogens is 242 g/mol. The highest BCUT2D eigenvalue weighted by Crippen LogP contribution is 2.27. The first-order valence-corrected chi connectivity index (χ1v) is 7.03. The fourth-order valence-corrected chi connectivity index (χ4v) is 2.43. The topological polar surface area (TPSA) is 84.2 Å². The maximum absolute atomic E-state index is 12.0. The molecule has 0 radical (unpaired) electrons. The van der Waals surface area contributed by atoms with E-state index in [1.807, 2.05) is 20.8 Å². The second kappa shape index (κ2) is 6.37. The van der Waals surface area contributed by atoms with Gasteiger partial charge in [-0.2, -0.15) is 0 Å². The van der Waals surface area contributed by atoms with Gasteiger partial charge in [-0.15, -0.1) is 0 Å². The van der Waals surface area contributed by atoms with Crippen LogP contribution in [-0.4, -0.2) is 29.9 Å². The molecule has 1 fully saturated rings. The summed E-state index contributed by atoms with van der Waals surface area (Å²) in [5.74, 6) is 0.189. The molecule has 4 N–H and O–H groups in total. The molecule has 0 aliphatic heterocycles. The Balaban J connectivity index is 2.34. The van der Waals surface area contributed by atoms with E-state index in [-0.39, 0.29) is 35.9 Å². The van der Waals surface area contributed by atoms with Gasteiger partial charge >= 0.3 is 0 Å². The quantitative estimate of drug-likeness (QED) is 0.708. The summed E-state index contributed by atoms with van der Waals surface area (Å²) in [5, 5.41) is 5.54. The van der Waals surface area contributed by atoms with Gasteiger partial charge < -0.3 is 16.4 Å². The lowest BCUT2D eigenvalue weighted by atomic mass is 9.79. The van der Waals surface area contributed by atoms with Gasteiger partial charge in [-0.25, -0.2) is 0 Å². The molecule has 3 atom stereocenters. The Bertz CT molecular complexity index is 336.